The van der Waals surface area contributed by atoms with Gasteiger partial charge in [-0.25, -0.2) is 0 Å². The summed E-state index contributed by atoms with van der Waals surface area (Å²) in [6.07, 6.45) is 1.74. The van der Waals surface area contributed by atoms with Gasteiger partial charge in [-0.15, -0.1) is 0 Å². The molecule has 1 atom stereocenters. The molecular formula is C14H20BrNO3. The van der Waals surface area contributed by atoms with Crippen LogP contribution in [0.2, 0.25) is 0 Å². The first-order chi connectivity index (χ1) is 9.13. The molecule has 0 saturated carbocycles. The molecule has 1 heterocycles. The number of benzene rings is 1. The predicted molar refractivity (Wildman–Crippen MR) is 77.8 cm³/mol. The van der Waals surface area contributed by atoms with Crippen molar-refractivity contribution in [3.8, 4) is 11.5 Å². The van der Waals surface area contributed by atoms with Crippen LogP contribution in [0.1, 0.15) is 18.4 Å². The van der Waals surface area contributed by atoms with E-state index in [1.54, 1.807) is 14.2 Å². The summed E-state index contributed by atoms with van der Waals surface area (Å²) in [5, 5.41) is 9.72. The number of piperidine rings is 1. The fraction of sp³-hybridized carbons (Fsp3) is 0.571. The average molecular weight is 330 g/mol. The highest BCUT2D eigenvalue weighted by molar-refractivity contribution is 9.10. The highest BCUT2D eigenvalue weighted by Crippen LogP contribution is 2.33. The Balaban J connectivity index is 2.16. The van der Waals surface area contributed by atoms with Crippen LogP contribution in [0.4, 0.5) is 0 Å². The number of aliphatic hydroxyl groups is 1. The quantitative estimate of drug-likeness (QED) is 0.921. The summed E-state index contributed by atoms with van der Waals surface area (Å²) in [7, 11) is 3.30. The molecule has 1 aromatic carbocycles. The Morgan fingerprint density at radius 1 is 1.32 bits per heavy atom. The Bertz CT molecular complexity index is 439. The highest BCUT2D eigenvalue weighted by atomic mass is 79.9. The van der Waals surface area contributed by atoms with Gasteiger partial charge in [-0.3, -0.25) is 4.90 Å². The minimum Gasteiger partial charge on any atom is -0.496 e. The number of likely N-dealkylation sites (tertiary alicyclic amines) is 1. The van der Waals surface area contributed by atoms with Gasteiger partial charge in [0.1, 0.15) is 11.5 Å². The monoisotopic (exact) mass is 329 g/mol. The molecule has 1 saturated heterocycles. The first-order valence-corrected chi connectivity index (χ1v) is 7.24. The zero-order valence-corrected chi connectivity index (χ0v) is 12.9. The molecule has 1 aliphatic heterocycles. The van der Waals surface area contributed by atoms with Crippen LogP contribution in [0.5, 0.6) is 11.5 Å². The number of β-amino-alcohol motifs (C(OH)–C–C–N with tert-alkyl or cyclic N) is 1. The summed E-state index contributed by atoms with van der Waals surface area (Å²) in [6, 6.07) is 3.92. The van der Waals surface area contributed by atoms with Crippen molar-refractivity contribution in [1.29, 1.82) is 0 Å². The molecule has 0 aromatic heterocycles. The second-order valence-electron chi connectivity index (χ2n) is 4.83. The summed E-state index contributed by atoms with van der Waals surface area (Å²) in [5.74, 6) is 1.58. The minimum absolute atomic E-state index is 0.207. The van der Waals surface area contributed by atoms with Gasteiger partial charge >= 0.3 is 0 Å². The van der Waals surface area contributed by atoms with Crippen LogP contribution in [0, 0.1) is 0 Å². The second-order valence-corrected chi connectivity index (χ2v) is 5.68. The number of halogens is 1. The van der Waals surface area contributed by atoms with E-state index in [2.05, 4.69) is 20.8 Å². The molecule has 1 aromatic rings. The van der Waals surface area contributed by atoms with Gasteiger partial charge in [-0.05, 0) is 41.4 Å². The van der Waals surface area contributed by atoms with E-state index in [-0.39, 0.29) is 6.10 Å². The SMILES string of the molecule is COc1cc(OC)c(CN2CCCC(O)C2)cc1Br. The Labute approximate surface area is 122 Å². The highest BCUT2D eigenvalue weighted by Gasteiger charge is 2.19. The molecule has 1 aliphatic rings. The van der Waals surface area contributed by atoms with Crippen molar-refractivity contribution in [1.82, 2.24) is 4.90 Å². The number of rotatable bonds is 4. The molecule has 0 radical (unpaired) electrons. The van der Waals surface area contributed by atoms with Crippen LogP contribution in [-0.4, -0.2) is 43.4 Å². The summed E-state index contributed by atoms with van der Waals surface area (Å²) in [6.45, 7) is 2.53. The zero-order chi connectivity index (χ0) is 13.8. The maximum absolute atomic E-state index is 9.72. The maximum atomic E-state index is 9.72. The Kier molecular flexibility index (Phi) is 5.07. The van der Waals surface area contributed by atoms with Crippen LogP contribution in [0.25, 0.3) is 0 Å². The van der Waals surface area contributed by atoms with Gasteiger partial charge in [0.2, 0.25) is 0 Å². The van der Waals surface area contributed by atoms with E-state index >= 15 is 0 Å². The molecule has 1 N–H and O–H groups in total. The van der Waals surface area contributed by atoms with Crippen molar-refractivity contribution >= 4 is 15.9 Å². The van der Waals surface area contributed by atoms with Crippen LogP contribution in [0.3, 0.4) is 0 Å². The van der Waals surface area contributed by atoms with Crippen molar-refractivity contribution in [2.45, 2.75) is 25.5 Å². The van der Waals surface area contributed by atoms with Crippen molar-refractivity contribution in [2.75, 3.05) is 27.3 Å². The van der Waals surface area contributed by atoms with Gasteiger partial charge in [0.05, 0.1) is 24.8 Å². The molecule has 5 heteroatoms. The topological polar surface area (TPSA) is 41.9 Å². The van der Waals surface area contributed by atoms with E-state index in [1.807, 2.05) is 12.1 Å². The number of methoxy groups -OCH3 is 2. The molecular weight excluding hydrogens is 310 g/mol. The molecule has 2 rings (SSSR count). The van der Waals surface area contributed by atoms with Crippen LogP contribution < -0.4 is 9.47 Å². The van der Waals surface area contributed by atoms with Crippen molar-refractivity contribution < 1.29 is 14.6 Å². The summed E-state index contributed by atoms with van der Waals surface area (Å²) >= 11 is 3.50. The van der Waals surface area contributed by atoms with Gasteiger partial charge in [0.25, 0.3) is 0 Å². The Morgan fingerprint density at radius 2 is 2.05 bits per heavy atom. The molecule has 0 spiro atoms. The standard InChI is InChI=1S/C14H20BrNO3/c1-18-13-7-14(19-2)12(15)6-10(13)8-16-5-3-4-11(17)9-16/h6-7,11,17H,3-5,8-9H2,1-2H3. The lowest BCUT2D eigenvalue weighted by molar-refractivity contribution is 0.0664. The lowest BCUT2D eigenvalue weighted by Gasteiger charge is -2.30. The third-order valence-electron chi connectivity index (χ3n) is 3.43. The largest absolute Gasteiger partial charge is 0.496 e. The third-order valence-corrected chi connectivity index (χ3v) is 4.05. The fourth-order valence-corrected chi connectivity index (χ4v) is 3.01. The Morgan fingerprint density at radius 3 is 2.68 bits per heavy atom. The van der Waals surface area contributed by atoms with Gasteiger partial charge in [-0.1, -0.05) is 0 Å². The van der Waals surface area contributed by atoms with Crippen molar-refractivity contribution in [3.05, 3.63) is 22.2 Å². The van der Waals surface area contributed by atoms with E-state index in [0.717, 1.165) is 54.0 Å². The second kappa shape index (κ2) is 6.59. The summed E-state index contributed by atoms with van der Waals surface area (Å²) in [4.78, 5) is 2.25. The number of ether oxygens (including phenoxy) is 2. The normalized spacial score (nSPS) is 20.3. The molecule has 0 bridgehead atoms. The van der Waals surface area contributed by atoms with E-state index in [1.165, 1.54) is 0 Å². The van der Waals surface area contributed by atoms with Gasteiger partial charge in [0, 0.05) is 24.7 Å². The zero-order valence-electron chi connectivity index (χ0n) is 11.4. The molecule has 106 valence electrons. The van der Waals surface area contributed by atoms with E-state index in [4.69, 9.17) is 9.47 Å². The molecule has 4 nitrogen and oxygen atoms in total. The number of hydrogen-bond acceptors (Lipinski definition) is 4. The molecule has 0 aliphatic carbocycles. The van der Waals surface area contributed by atoms with Crippen molar-refractivity contribution in [2.24, 2.45) is 0 Å². The fourth-order valence-electron chi connectivity index (χ4n) is 2.46. The average Bonchev–Trinajstić information content (AvgIpc) is 2.39. The van der Waals surface area contributed by atoms with E-state index in [0.29, 0.717) is 0 Å². The van der Waals surface area contributed by atoms with Crippen LogP contribution in [-0.2, 0) is 6.54 Å². The van der Waals surface area contributed by atoms with Gasteiger partial charge < -0.3 is 14.6 Å². The molecule has 0 amide bonds. The Hall–Kier alpha value is -0.780. The number of aliphatic hydroxyl groups excluding tert-OH is 1. The molecule has 1 fully saturated rings. The number of hydrogen-bond donors (Lipinski definition) is 1. The predicted octanol–water partition coefficient (Wildman–Crippen LogP) is 2.42. The third kappa shape index (κ3) is 3.61. The van der Waals surface area contributed by atoms with Crippen LogP contribution in [0.15, 0.2) is 16.6 Å². The lowest BCUT2D eigenvalue weighted by Crippen LogP contribution is -2.37. The molecule has 19 heavy (non-hydrogen) atoms. The van der Waals surface area contributed by atoms with Gasteiger partial charge in [0.15, 0.2) is 0 Å². The summed E-state index contributed by atoms with van der Waals surface area (Å²) in [5.41, 5.74) is 1.10. The first-order valence-electron chi connectivity index (χ1n) is 6.45. The lowest BCUT2D eigenvalue weighted by atomic mass is 10.1. The minimum atomic E-state index is -0.207. The summed E-state index contributed by atoms with van der Waals surface area (Å²) < 4.78 is 11.6. The maximum Gasteiger partial charge on any atom is 0.136 e. The first kappa shape index (κ1) is 14.6. The van der Waals surface area contributed by atoms with Crippen molar-refractivity contribution in [3.63, 3.8) is 0 Å². The van der Waals surface area contributed by atoms with E-state index in [9.17, 15) is 5.11 Å². The van der Waals surface area contributed by atoms with E-state index < -0.39 is 0 Å². The number of nitrogens with zero attached hydrogens (tertiary/aromatic N) is 1. The van der Waals surface area contributed by atoms with Gasteiger partial charge in [-0.2, -0.15) is 0 Å². The smallest absolute Gasteiger partial charge is 0.136 e. The van der Waals surface area contributed by atoms with Crippen LogP contribution >= 0.6 is 15.9 Å². The molecule has 1 unspecified atom stereocenters.